The third-order valence-corrected chi connectivity index (χ3v) is 3.09. The first kappa shape index (κ1) is 13.0. The van der Waals surface area contributed by atoms with Crippen LogP contribution in [0.4, 0.5) is 8.78 Å². The molecule has 4 heteroatoms. The SMILES string of the molecule is C[C@](F)(CNC1CC1)Cc1cccc(C#N)c1F. The first-order chi connectivity index (χ1) is 8.52. The quantitative estimate of drug-likeness (QED) is 0.872. The number of benzene rings is 1. The fourth-order valence-electron chi connectivity index (χ4n) is 1.91. The summed E-state index contributed by atoms with van der Waals surface area (Å²) in [6.07, 6.45) is 2.16. The Kier molecular flexibility index (Phi) is 3.63. The number of alkyl halides is 1. The minimum absolute atomic E-state index is 0.0198. The summed E-state index contributed by atoms with van der Waals surface area (Å²) in [6, 6.07) is 6.71. The third kappa shape index (κ3) is 3.27. The van der Waals surface area contributed by atoms with E-state index in [-0.39, 0.29) is 24.1 Å². The maximum Gasteiger partial charge on any atom is 0.144 e. The molecule has 1 aromatic carbocycles. The van der Waals surface area contributed by atoms with Gasteiger partial charge < -0.3 is 5.32 Å². The Morgan fingerprint density at radius 2 is 2.22 bits per heavy atom. The van der Waals surface area contributed by atoms with Crippen LogP contribution in [0.1, 0.15) is 30.9 Å². The Labute approximate surface area is 106 Å². The van der Waals surface area contributed by atoms with E-state index in [2.05, 4.69) is 5.32 Å². The highest BCUT2D eigenvalue weighted by Gasteiger charge is 2.29. The molecular formula is C14H16F2N2. The molecule has 0 unspecified atom stereocenters. The largest absolute Gasteiger partial charge is 0.311 e. The van der Waals surface area contributed by atoms with Gasteiger partial charge in [0.15, 0.2) is 0 Å². The smallest absolute Gasteiger partial charge is 0.144 e. The van der Waals surface area contributed by atoms with Gasteiger partial charge in [0.2, 0.25) is 0 Å². The zero-order valence-electron chi connectivity index (χ0n) is 10.3. The molecule has 0 bridgehead atoms. The number of hydrogen-bond donors (Lipinski definition) is 1. The summed E-state index contributed by atoms with van der Waals surface area (Å²) in [6.45, 7) is 1.68. The van der Waals surface area contributed by atoms with Crippen LogP contribution in [0, 0.1) is 17.1 Å². The second-order valence-corrected chi connectivity index (χ2v) is 5.14. The van der Waals surface area contributed by atoms with E-state index in [0.717, 1.165) is 12.8 Å². The van der Waals surface area contributed by atoms with Gasteiger partial charge in [-0.25, -0.2) is 8.78 Å². The lowest BCUT2D eigenvalue weighted by Crippen LogP contribution is -2.37. The van der Waals surface area contributed by atoms with Gasteiger partial charge in [-0.1, -0.05) is 12.1 Å². The van der Waals surface area contributed by atoms with Crippen LogP contribution in [0.3, 0.4) is 0 Å². The average Bonchev–Trinajstić information content (AvgIpc) is 3.13. The van der Waals surface area contributed by atoms with Crippen molar-refractivity contribution in [2.24, 2.45) is 0 Å². The zero-order chi connectivity index (χ0) is 13.2. The molecule has 0 spiro atoms. The minimum Gasteiger partial charge on any atom is -0.311 e. The number of rotatable bonds is 5. The Bertz CT molecular complexity index is 473. The highest BCUT2D eigenvalue weighted by atomic mass is 19.1. The first-order valence-electron chi connectivity index (χ1n) is 6.11. The summed E-state index contributed by atoms with van der Waals surface area (Å²) in [5, 5.41) is 11.8. The van der Waals surface area contributed by atoms with Gasteiger partial charge in [-0.2, -0.15) is 5.26 Å². The van der Waals surface area contributed by atoms with Crippen LogP contribution in [0.2, 0.25) is 0 Å². The fraction of sp³-hybridized carbons (Fsp3) is 0.500. The normalized spacial score (nSPS) is 18.1. The standard InChI is InChI=1S/C14H16F2N2/c1-14(16,9-18-12-5-6-12)7-10-3-2-4-11(8-17)13(10)15/h2-4,12,18H,5-7,9H2,1H3/t14-/m1/s1. The predicted molar refractivity (Wildman–Crippen MR) is 65.4 cm³/mol. The molecule has 0 aliphatic heterocycles. The van der Waals surface area contributed by atoms with Gasteiger partial charge in [0.05, 0.1) is 5.56 Å². The number of nitrogens with zero attached hydrogens (tertiary/aromatic N) is 1. The van der Waals surface area contributed by atoms with Crippen molar-refractivity contribution in [3.8, 4) is 6.07 Å². The summed E-state index contributed by atoms with van der Waals surface area (Å²) in [4.78, 5) is 0. The third-order valence-electron chi connectivity index (χ3n) is 3.09. The van der Waals surface area contributed by atoms with E-state index >= 15 is 0 Å². The molecular weight excluding hydrogens is 234 g/mol. The lowest BCUT2D eigenvalue weighted by Gasteiger charge is -2.21. The molecule has 0 saturated heterocycles. The van der Waals surface area contributed by atoms with E-state index < -0.39 is 11.5 Å². The number of hydrogen-bond acceptors (Lipinski definition) is 2. The molecule has 2 rings (SSSR count). The minimum atomic E-state index is -1.50. The molecule has 96 valence electrons. The molecule has 0 amide bonds. The van der Waals surface area contributed by atoms with Crippen molar-refractivity contribution in [2.75, 3.05) is 6.54 Å². The molecule has 1 atom stereocenters. The van der Waals surface area contributed by atoms with E-state index in [4.69, 9.17) is 5.26 Å². The van der Waals surface area contributed by atoms with Crippen molar-refractivity contribution in [3.63, 3.8) is 0 Å². The van der Waals surface area contributed by atoms with Crippen LogP contribution in [-0.2, 0) is 6.42 Å². The lowest BCUT2D eigenvalue weighted by molar-refractivity contribution is 0.181. The maximum absolute atomic E-state index is 14.3. The van der Waals surface area contributed by atoms with Crippen LogP contribution in [0.5, 0.6) is 0 Å². The molecule has 1 aliphatic rings. The van der Waals surface area contributed by atoms with E-state index in [0.29, 0.717) is 6.04 Å². The van der Waals surface area contributed by atoms with E-state index in [1.54, 1.807) is 12.1 Å². The number of halogens is 2. The maximum atomic E-state index is 14.3. The van der Waals surface area contributed by atoms with Crippen LogP contribution in [0.25, 0.3) is 0 Å². The second-order valence-electron chi connectivity index (χ2n) is 5.14. The number of nitriles is 1. The molecule has 0 aromatic heterocycles. The van der Waals surface area contributed by atoms with Crippen molar-refractivity contribution in [2.45, 2.75) is 37.9 Å². The van der Waals surface area contributed by atoms with E-state index in [1.807, 2.05) is 0 Å². The van der Waals surface area contributed by atoms with Gasteiger partial charge >= 0.3 is 0 Å². The molecule has 1 aromatic rings. The van der Waals surface area contributed by atoms with Crippen LogP contribution in [-0.4, -0.2) is 18.3 Å². The highest BCUT2D eigenvalue weighted by molar-refractivity contribution is 5.35. The molecule has 2 nitrogen and oxygen atoms in total. The van der Waals surface area contributed by atoms with Crippen molar-refractivity contribution in [1.29, 1.82) is 5.26 Å². The van der Waals surface area contributed by atoms with E-state index in [9.17, 15) is 8.78 Å². The Morgan fingerprint density at radius 1 is 1.50 bits per heavy atom. The highest BCUT2D eigenvalue weighted by Crippen LogP contribution is 2.24. The van der Waals surface area contributed by atoms with Crippen molar-refractivity contribution in [3.05, 3.63) is 35.1 Å². The molecule has 1 fully saturated rings. The van der Waals surface area contributed by atoms with Crippen molar-refractivity contribution < 1.29 is 8.78 Å². The van der Waals surface area contributed by atoms with Crippen molar-refractivity contribution >= 4 is 0 Å². The summed E-state index contributed by atoms with van der Waals surface area (Å²) in [5.41, 5.74) is -1.27. The van der Waals surface area contributed by atoms with Crippen LogP contribution < -0.4 is 5.32 Å². The molecule has 18 heavy (non-hydrogen) atoms. The molecule has 1 saturated carbocycles. The summed E-state index contributed by atoms with van der Waals surface area (Å²) < 4.78 is 28.1. The van der Waals surface area contributed by atoms with Gasteiger partial charge in [-0.15, -0.1) is 0 Å². The van der Waals surface area contributed by atoms with Gasteiger partial charge in [0.1, 0.15) is 17.6 Å². The Balaban J connectivity index is 2.05. The topological polar surface area (TPSA) is 35.8 Å². The van der Waals surface area contributed by atoms with Gasteiger partial charge in [-0.3, -0.25) is 0 Å². The molecule has 0 radical (unpaired) electrons. The molecule has 0 heterocycles. The van der Waals surface area contributed by atoms with Crippen molar-refractivity contribution in [1.82, 2.24) is 5.32 Å². The fourth-order valence-corrected chi connectivity index (χ4v) is 1.91. The predicted octanol–water partition coefficient (Wildman–Crippen LogP) is 2.72. The van der Waals surface area contributed by atoms with Gasteiger partial charge in [-0.05, 0) is 31.4 Å². The second kappa shape index (κ2) is 5.03. The Hall–Kier alpha value is -1.47. The summed E-state index contributed by atoms with van der Waals surface area (Å²) in [5.74, 6) is -0.602. The van der Waals surface area contributed by atoms with E-state index in [1.165, 1.54) is 19.1 Å². The average molecular weight is 250 g/mol. The zero-order valence-corrected chi connectivity index (χ0v) is 10.3. The molecule has 1 aliphatic carbocycles. The summed E-state index contributed by atoms with van der Waals surface area (Å²) >= 11 is 0. The monoisotopic (exact) mass is 250 g/mol. The first-order valence-corrected chi connectivity index (χ1v) is 6.11. The molecule has 1 N–H and O–H groups in total. The lowest BCUT2D eigenvalue weighted by atomic mass is 9.96. The van der Waals surface area contributed by atoms with Crippen LogP contribution in [0.15, 0.2) is 18.2 Å². The Morgan fingerprint density at radius 3 is 2.83 bits per heavy atom. The number of nitrogens with one attached hydrogen (secondary N) is 1. The van der Waals surface area contributed by atoms with Gasteiger partial charge in [0.25, 0.3) is 0 Å². The van der Waals surface area contributed by atoms with Gasteiger partial charge in [0, 0.05) is 19.0 Å². The van der Waals surface area contributed by atoms with Crippen LogP contribution >= 0.6 is 0 Å². The summed E-state index contributed by atoms with van der Waals surface area (Å²) in [7, 11) is 0.